The van der Waals surface area contributed by atoms with Gasteiger partial charge in [-0.2, -0.15) is 0 Å². The van der Waals surface area contributed by atoms with Gasteiger partial charge in [-0.05, 0) is 83.2 Å². The molecule has 11 nitrogen and oxygen atoms in total. The van der Waals surface area contributed by atoms with E-state index in [0.29, 0.717) is 18.9 Å². The number of likely N-dealkylation sites (N-methyl/N-ethyl adjacent to an activating group) is 1. The first-order valence-electron chi connectivity index (χ1n) is 17.3. The third-order valence-corrected chi connectivity index (χ3v) is 10.8. The number of fused-ring (bicyclic) bond motifs is 1. The first kappa shape index (κ1) is 37.5. The summed E-state index contributed by atoms with van der Waals surface area (Å²) in [4.78, 5) is 30.9. The normalized spacial score (nSPS) is 22.5. The summed E-state index contributed by atoms with van der Waals surface area (Å²) in [5.74, 6) is -0.263. The van der Waals surface area contributed by atoms with Crippen LogP contribution in [0.3, 0.4) is 0 Å². The molecule has 3 amide bonds. The van der Waals surface area contributed by atoms with Crippen molar-refractivity contribution in [3.05, 3.63) is 53.6 Å². The molecule has 0 saturated heterocycles. The average molecular weight is 687 g/mol. The SMILES string of the molecule is Cc1ccc(S(=O)(=O)Nc2ccc3c(c2)C(=O)N([C@@H](C)CO)C[C@H](C)[C@H](CN(C)C(=O)NC2CCCCC2)OCCCC[C@@H](C)O3)cc1. The Bertz CT molecular complexity index is 1460. The maximum atomic E-state index is 14.4. The van der Waals surface area contributed by atoms with Crippen molar-refractivity contribution in [1.82, 2.24) is 15.1 Å². The fourth-order valence-corrected chi connectivity index (χ4v) is 7.31. The van der Waals surface area contributed by atoms with Gasteiger partial charge in [0.2, 0.25) is 0 Å². The highest BCUT2D eigenvalue weighted by molar-refractivity contribution is 7.92. The lowest BCUT2D eigenvalue weighted by molar-refractivity contribution is -0.0123. The fourth-order valence-electron chi connectivity index (χ4n) is 6.26. The first-order valence-corrected chi connectivity index (χ1v) is 18.8. The number of carbonyl (C=O) groups excluding carboxylic acids is 2. The Morgan fingerprint density at radius 2 is 1.73 bits per heavy atom. The van der Waals surface area contributed by atoms with E-state index in [1.165, 1.54) is 24.6 Å². The number of nitrogens with zero attached hydrogens (tertiary/aromatic N) is 2. The van der Waals surface area contributed by atoms with Gasteiger partial charge in [-0.3, -0.25) is 9.52 Å². The quantitative estimate of drug-likeness (QED) is 0.331. The van der Waals surface area contributed by atoms with Crippen LogP contribution in [0.25, 0.3) is 0 Å². The lowest BCUT2D eigenvalue weighted by atomic mass is 9.96. The molecule has 0 spiro atoms. The number of aryl methyl sites for hydroxylation is 1. The van der Waals surface area contributed by atoms with Gasteiger partial charge < -0.3 is 29.7 Å². The summed E-state index contributed by atoms with van der Waals surface area (Å²) in [5, 5.41) is 13.4. The molecule has 1 aliphatic carbocycles. The number of rotatable bonds is 8. The predicted molar refractivity (Wildman–Crippen MR) is 187 cm³/mol. The van der Waals surface area contributed by atoms with Gasteiger partial charge in [0.25, 0.3) is 15.9 Å². The molecule has 3 N–H and O–H groups in total. The van der Waals surface area contributed by atoms with E-state index in [0.717, 1.165) is 50.5 Å². The second-order valence-electron chi connectivity index (χ2n) is 13.6. The van der Waals surface area contributed by atoms with Gasteiger partial charge in [-0.15, -0.1) is 0 Å². The maximum Gasteiger partial charge on any atom is 0.317 e. The minimum Gasteiger partial charge on any atom is -0.490 e. The summed E-state index contributed by atoms with van der Waals surface area (Å²) < 4.78 is 41.7. The standard InChI is InChI=1S/C36H54N4O7S/c1-25-14-17-31(18-15-25)48(44,45)38-30-16-19-33-32(21-30)35(42)40(27(3)24-41)22-26(2)34(46-20-10-9-11-28(4)47-33)23-39(5)36(43)37-29-12-7-6-8-13-29/h14-19,21,26-29,34,38,41H,6-13,20,22-24H2,1-5H3,(H,37,43)/t26-,27-,28+,34-/m0/s1. The van der Waals surface area contributed by atoms with E-state index in [9.17, 15) is 23.1 Å². The van der Waals surface area contributed by atoms with Crippen molar-refractivity contribution in [3.63, 3.8) is 0 Å². The summed E-state index contributed by atoms with van der Waals surface area (Å²) >= 11 is 0. The van der Waals surface area contributed by atoms with E-state index in [1.807, 2.05) is 20.8 Å². The average Bonchev–Trinajstić information content (AvgIpc) is 3.06. The van der Waals surface area contributed by atoms with Crippen LogP contribution in [0.15, 0.2) is 47.4 Å². The molecule has 0 unspecified atom stereocenters. The monoisotopic (exact) mass is 686 g/mol. The van der Waals surface area contributed by atoms with Crippen LogP contribution in [0.4, 0.5) is 10.5 Å². The molecule has 0 aromatic heterocycles. The van der Waals surface area contributed by atoms with Gasteiger partial charge in [0.05, 0.1) is 35.3 Å². The number of aliphatic hydroxyl groups excluding tert-OH is 1. The van der Waals surface area contributed by atoms with Crippen molar-refractivity contribution in [1.29, 1.82) is 0 Å². The van der Waals surface area contributed by atoms with Gasteiger partial charge in [0.15, 0.2) is 0 Å². The van der Waals surface area contributed by atoms with Crippen LogP contribution < -0.4 is 14.8 Å². The van der Waals surface area contributed by atoms with E-state index in [1.54, 1.807) is 48.0 Å². The third kappa shape index (κ3) is 10.3. The van der Waals surface area contributed by atoms with Gasteiger partial charge >= 0.3 is 6.03 Å². The van der Waals surface area contributed by atoms with Crippen molar-refractivity contribution < 1.29 is 32.6 Å². The summed E-state index contributed by atoms with van der Waals surface area (Å²) in [5.41, 5.74) is 1.35. The van der Waals surface area contributed by atoms with Crippen molar-refractivity contribution in [2.24, 2.45) is 5.92 Å². The Morgan fingerprint density at radius 3 is 2.42 bits per heavy atom. The molecular formula is C36H54N4O7S. The Hall–Kier alpha value is -3.35. The smallest absolute Gasteiger partial charge is 0.317 e. The van der Waals surface area contributed by atoms with Crippen molar-refractivity contribution in [2.45, 2.75) is 108 Å². The second-order valence-corrected chi connectivity index (χ2v) is 15.3. The zero-order valence-corrected chi connectivity index (χ0v) is 29.9. The summed E-state index contributed by atoms with van der Waals surface area (Å²) in [6.45, 7) is 8.37. The van der Waals surface area contributed by atoms with Crippen LogP contribution in [-0.4, -0.2) is 92.9 Å². The number of hydrogen-bond acceptors (Lipinski definition) is 7. The number of ether oxygens (including phenoxy) is 2. The molecule has 1 aliphatic heterocycles. The molecule has 2 aliphatic rings. The Kier molecular flexibility index (Phi) is 13.5. The summed E-state index contributed by atoms with van der Waals surface area (Å²) in [6, 6.07) is 10.7. The van der Waals surface area contributed by atoms with Crippen molar-refractivity contribution in [2.75, 3.05) is 38.1 Å². The number of amides is 3. The highest BCUT2D eigenvalue weighted by atomic mass is 32.2. The minimum atomic E-state index is -3.92. The number of carbonyl (C=O) groups is 2. The molecule has 266 valence electrons. The first-order chi connectivity index (χ1) is 22.9. The van der Waals surface area contributed by atoms with Gasteiger partial charge in [-0.25, -0.2) is 13.2 Å². The highest BCUT2D eigenvalue weighted by Gasteiger charge is 2.31. The lowest BCUT2D eigenvalue weighted by Gasteiger charge is -2.36. The van der Waals surface area contributed by atoms with Gasteiger partial charge in [0.1, 0.15) is 5.75 Å². The molecule has 2 aromatic rings. The number of sulfonamides is 1. The summed E-state index contributed by atoms with van der Waals surface area (Å²) in [6.07, 6.45) is 7.21. The van der Waals surface area contributed by atoms with Gasteiger partial charge in [0, 0.05) is 44.4 Å². The topological polar surface area (TPSA) is 138 Å². The van der Waals surface area contributed by atoms with Crippen molar-refractivity contribution >= 4 is 27.6 Å². The predicted octanol–water partition coefficient (Wildman–Crippen LogP) is 5.57. The molecule has 12 heteroatoms. The maximum absolute atomic E-state index is 14.4. The Morgan fingerprint density at radius 1 is 1.04 bits per heavy atom. The number of anilines is 1. The molecule has 1 fully saturated rings. The third-order valence-electron chi connectivity index (χ3n) is 9.37. The number of aliphatic hydroxyl groups is 1. The molecule has 1 saturated carbocycles. The minimum absolute atomic E-state index is 0.108. The molecule has 1 heterocycles. The lowest BCUT2D eigenvalue weighted by Crippen LogP contribution is -2.50. The molecule has 0 radical (unpaired) electrons. The van der Waals surface area contributed by atoms with Crippen LogP contribution in [0.1, 0.15) is 88.1 Å². The number of hydrogen-bond donors (Lipinski definition) is 3. The second kappa shape index (κ2) is 17.3. The molecule has 0 bridgehead atoms. The number of benzene rings is 2. The van der Waals surface area contributed by atoms with Crippen molar-refractivity contribution in [3.8, 4) is 5.75 Å². The van der Waals surface area contributed by atoms with E-state index in [2.05, 4.69) is 10.0 Å². The van der Waals surface area contributed by atoms with E-state index < -0.39 is 22.0 Å². The fraction of sp³-hybridized carbons (Fsp3) is 0.611. The Balaban J connectivity index is 1.61. The van der Waals surface area contributed by atoms with Crippen LogP contribution in [-0.2, 0) is 14.8 Å². The van der Waals surface area contributed by atoms with Crippen LogP contribution in [0.2, 0.25) is 0 Å². The molecule has 4 atom stereocenters. The Labute approximate surface area is 286 Å². The largest absolute Gasteiger partial charge is 0.490 e. The number of urea groups is 1. The molecule has 2 aromatic carbocycles. The molecule has 4 rings (SSSR count). The van der Waals surface area contributed by atoms with Crippen LogP contribution in [0, 0.1) is 12.8 Å². The zero-order valence-electron chi connectivity index (χ0n) is 29.1. The van der Waals surface area contributed by atoms with E-state index in [-0.39, 0.29) is 59.5 Å². The number of nitrogens with one attached hydrogen (secondary N) is 2. The summed E-state index contributed by atoms with van der Waals surface area (Å²) in [7, 11) is -2.15. The van der Waals surface area contributed by atoms with E-state index in [4.69, 9.17) is 9.47 Å². The molecular weight excluding hydrogens is 632 g/mol. The van der Waals surface area contributed by atoms with Crippen LogP contribution in [0.5, 0.6) is 5.75 Å². The molecule has 48 heavy (non-hydrogen) atoms. The zero-order chi connectivity index (χ0) is 34.8. The van der Waals surface area contributed by atoms with Crippen LogP contribution >= 0.6 is 0 Å². The van der Waals surface area contributed by atoms with E-state index >= 15 is 0 Å². The highest BCUT2D eigenvalue weighted by Crippen LogP contribution is 2.30. The van der Waals surface area contributed by atoms with Gasteiger partial charge in [-0.1, -0.05) is 43.9 Å².